The molecule has 0 aliphatic heterocycles. The Bertz CT molecular complexity index is 910. The average molecular weight is 405 g/mol. The van der Waals surface area contributed by atoms with Gasteiger partial charge in [0.2, 0.25) is 0 Å². The molecule has 0 amide bonds. The molecule has 0 bridgehead atoms. The van der Waals surface area contributed by atoms with Crippen LogP contribution in [0.25, 0.3) is 11.2 Å². The van der Waals surface area contributed by atoms with E-state index in [1.165, 1.54) is 6.20 Å². The summed E-state index contributed by atoms with van der Waals surface area (Å²) in [5.74, 6) is 0.551. The number of esters is 1. The molecule has 3 aromatic heterocycles. The number of carbonyl (C=O) groups excluding carboxylic acids is 1. The number of rotatable bonds is 5. The van der Waals surface area contributed by atoms with Crippen molar-refractivity contribution in [3.63, 3.8) is 0 Å². The van der Waals surface area contributed by atoms with Crippen molar-refractivity contribution in [1.82, 2.24) is 19.9 Å². The number of halogens is 1. The molecule has 0 saturated carbocycles. The molecule has 0 spiro atoms. The Morgan fingerprint density at radius 3 is 2.76 bits per heavy atom. The van der Waals surface area contributed by atoms with E-state index < -0.39 is 12.1 Å². The molecule has 7 nitrogen and oxygen atoms in total. The summed E-state index contributed by atoms with van der Waals surface area (Å²) in [5.41, 5.74) is 1.65. The third kappa shape index (κ3) is 4.14. The van der Waals surface area contributed by atoms with Crippen molar-refractivity contribution in [3.05, 3.63) is 46.6 Å². The van der Waals surface area contributed by atoms with Gasteiger partial charge in [-0.3, -0.25) is 4.98 Å². The summed E-state index contributed by atoms with van der Waals surface area (Å²) >= 11 is 3.36. The number of nitrogens with one attached hydrogen (secondary N) is 1. The fourth-order valence-electron chi connectivity index (χ4n) is 2.24. The zero-order chi connectivity index (χ0) is 18.0. The van der Waals surface area contributed by atoms with Gasteiger partial charge in [-0.25, -0.2) is 14.8 Å². The van der Waals surface area contributed by atoms with Gasteiger partial charge >= 0.3 is 5.97 Å². The number of imidazole rings is 1. The zero-order valence-corrected chi connectivity index (χ0v) is 15.6. The number of H-pyrrole nitrogens is 1. The number of aromatic nitrogens is 4. The predicted molar refractivity (Wildman–Crippen MR) is 95.4 cm³/mol. The van der Waals surface area contributed by atoms with Crippen LogP contribution >= 0.6 is 15.9 Å². The Labute approximate surface area is 152 Å². The maximum atomic E-state index is 12.4. The van der Waals surface area contributed by atoms with Crippen LogP contribution in [0.4, 0.5) is 0 Å². The topological polar surface area (TPSA) is 90.0 Å². The molecular formula is C17H17BrN4O3. The van der Waals surface area contributed by atoms with E-state index in [-0.39, 0.29) is 6.10 Å². The molecule has 0 aliphatic carbocycles. The zero-order valence-electron chi connectivity index (χ0n) is 14.0. The van der Waals surface area contributed by atoms with Crippen molar-refractivity contribution in [2.75, 3.05) is 0 Å². The van der Waals surface area contributed by atoms with Gasteiger partial charge in [-0.2, -0.15) is 0 Å². The van der Waals surface area contributed by atoms with Gasteiger partial charge in [0, 0.05) is 16.9 Å². The Balaban J connectivity index is 1.75. The van der Waals surface area contributed by atoms with Gasteiger partial charge in [0.15, 0.2) is 11.8 Å². The van der Waals surface area contributed by atoms with Crippen LogP contribution in [0.2, 0.25) is 0 Å². The molecular weight excluding hydrogens is 388 g/mol. The molecule has 130 valence electrons. The quantitative estimate of drug-likeness (QED) is 0.649. The summed E-state index contributed by atoms with van der Waals surface area (Å²) in [4.78, 5) is 28.0. The van der Waals surface area contributed by atoms with Crippen molar-refractivity contribution in [1.29, 1.82) is 0 Å². The summed E-state index contributed by atoms with van der Waals surface area (Å²) in [6.45, 7) is 5.55. The van der Waals surface area contributed by atoms with Crippen LogP contribution in [-0.2, 0) is 4.74 Å². The van der Waals surface area contributed by atoms with E-state index in [9.17, 15) is 4.79 Å². The summed E-state index contributed by atoms with van der Waals surface area (Å²) < 4.78 is 11.9. The Hall–Kier alpha value is -2.48. The SMILES string of the molecule is CC(C)Oc1cncc(C(=O)OC(C)c2nc3ncc(Br)cc3[nH]2)c1. The number of ether oxygens (including phenoxy) is 2. The molecule has 1 atom stereocenters. The number of fused-ring (bicyclic) bond motifs is 1. The predicted octanol–water partition coefficient (Wildman–Crippen LogP) is 3.82. The molecule has 0 radical (unpaired) electrons. The van der Waals surface area contributed by atoms with E-state index in [0.717, 1.165) is 9.99 Å². The van der Waals surface area contributed by atoms with Crippen molar-refractivity contribution < 1.29 is 14.3 Å². The van der Waals surface area contributed by atoms with Gasteiger partial charge in [-0.05, 0) is 48.8 Å². The van der Waals surface area contributed by atoms with Gasteiger partial charge in [-0.15, -0.1) is 0 Å². The standard InChI is InChI=1S/C17H17BrN4O3/c1-9(2)24-13-4-11(6-19-8-13)17(23)25-10(3)15-21-14-5-12(18)7-20-16(14)22-15/h4-10H,1-3H3,(H,20,21,22). The first kappa shape index (κ1) is 17.3. The second-order valence-corrected chi connectivity index (χ2v) is 6.69. The van der Waals surface area contributed by atoms with Crippen molar-refractivity contribution in [2.45, 2.75) is 33.0 Å². The minimum Gasteiger partial charge on any atom is -0.489 e. The lowest BCUT2D eigenvalue weighted by atomic mass is 10.2. The molecule has 0 fully saturated rings. The lowest BCUT2D eigenvalue weighted by molar-refractivity contribution is 0.0320. The number of carbonyl (C=O) groups is 1. The molecule has 3 heterocycles. The summed E-state index contributed by atoms with van der Waals surface area (Å²) in [6.07, 6.45) is 4.10. The van der Waals surface area contributed by atoms with Gasteiger partial charge in [-0.1, -0.05) is 0 Å². The van der Waals surface area contributed by atoms with Crippen LogP contribution in [0.1, 0.15) is 43.1 Å². The van der Waals surface area contributed by atoms with E-state index in [2.05, 4.69) is 35.9 Å². The van der Waals surface area contributed by atoms with E-state index in [1.807, 2.05) is 19.9 Å². The van der Waals surface area contributed by atoms with E-state index in [4.69, 9.17) is 9.47 Å². The first-order valence-corrected chi connectivity index (χ1v) is 8.55. The molecule has 0 aliphatic rings. The lowest BCUT2D eigenvalue weighted by Gasteiger charge is -2.12. The van der Waals surface area contributed by atoms with E-state index >= 15 is 0 Å². The number of nitrogens with zero attached hydrogens (tertiary/aromatic N) is 3. The highest BCUT2D eigenvalue weighted by molar-refractivity contribution is 9.10. The minimum atomic E-state index is -0.560. The third-order valence-corrected chi connectivity index (χ3v) is 3.75. The first-order valence-electron chi connectivity index (χ1n) is 7.76. The van der Waals surface area contributed by atoms with E-state index in [1.54, 1.807) is 25.4 Å². The summed E-state index contributed by atoms with van der Waals surface area (Å²) in [7, 11) is 0. The maximum Gasteiger partial charge on any atom is 0.340 e. The van der Waals surface area contributed by atoms with Gasteiger partial charge in [0.05, 0.1) is 23.4 Å². The Morgan fingerprint density at radius 2 is 2.00 bits per heavy atom. The molecule has 0 saturated heterocycles. The largest absolute Gasteiger partial charge is 0.489 e. The number of hydrogen-bond acceptors (Lipinski definition) is 6. The second kappa shape index (κ2) is 7.18. The third-order valence-electron chi connectivity index (χ3n) is 3.31. The molecule has 3 rings (SSSR count). The number of hydrogen-bond donors (Lipinski definition) is 1. The molecule has 1 unspecified atom stereocenters. The fraction of sp³-hybridized carbons (Fsp3) is 0.294. The molecule has 0 aromatic carbocycles. The minimum absolute atomic E-state index is 0.00522. The normalized spacial score (nSPS) is 12.4. The van der Waals surface area contributed by atoms with Crippen LogP contribution in [0, 0.1) is 0 Å². The van der Waals surface area contributed by atoms with Gasteiger partial charge < -0.3 is 14.5 Å². The van der Waals surface area contributed by atoms with Crippen LogP contribution in [0.15, 0.2) is 35.2 Å². The highest BCUT2D eigenvalue weighted by Gasteiger charge is 2.18. The van der Waals surface area contributed by atoms with Crippen molar-refractivity contribution >= 4 is 33.1 Å². The van der Waals surface area contributed by atoms with Crippen LogP contribution < -0.4 is 4.74 Å². The Kier molecular flexibility index (Phi) is 4.98. The van der Waals surface area contributed by atoms with Gasteiger partial charge in [0.25, 0.3) is 0 Å². The highest BCUT2D eigenvalue weighted by Crippen LogP contribution is 2.22. The second-order valence-electron chi connectivity index (χ2n) is 5.77. The number of pyridine rings is 2. The molecule has 8 heteroatoms. The first-order chi connectivity index (χ1) is 11.9. The highest BCUT2D eigenvalue weighted by atomic mass is 79.9. The summed E-state index contributed by atoms with van der Waals surface area (Å²) in [5, 5.41) is 0. The van der Waals surface area contributed by atoms with Gasteiger partial charge in [0.1, 0.15) is 11.6 Å². The van der Waals surface area contributed by atoms with Crippen molar-refractivity contribution in [3.8, 4) is 5.75 Å². The lowest BCUT2D eigenvalue weighted by Crippen LogP contribution is -2.12. The maximum absolute atomic E-state index is 12.4. The molecule has 3 aromatic rings. The van der Waals surface area contributed by atoms with Crippen LogP contribution in [-0.4, -0.2) is 32.0 Å². The summed E-state index contributed by atoms with van der Waals surface area (Å²) in [6, 6.07) is 3.48. The fourth-order valence-corrected chi connectivity index (χ4v) is 2.57. The number of aromatic amines is 1. The Morgan fingerprint density at radius 1 is 1.20 bits per heavy atom. The van der Waals surface area contributed by atoms with Crippen molar-refractivity contribution in [2.24, 2.45) is 0 Å². The molecule has 25 heavy (non-hydrogen) atoms. The monoisotopic (exact) mass is 404 g/mol. The van der Waals surface area contributed by atoms with Crippen LogP contribution in [0.5, 0.6) is 5.75 Å². The van der Waals surface area contributed by atoms with E-state index in [0.29, 0.717) is 22.8 Å². The molecule has 1 N–H and O–H groups in total. The van der Waals surface area contributed by atoms with Crippen LogP contribution in [0.3, 0.4) is 0 Å². The smallest absolute Gasteiger partial charge is 0.340 e. The average Bonchev–Trinajstić information content (AvgIpc) is 2.97.